The van der Waals surface area contributed by atoms with Gasteiger partial charge >= 0.3 is 0 Å². The Morgan fingerprint density at radius 1 is 1.16 bits per heavy atom. The van der Waals surface area contributed by atoms with Gasteiger partial charge in [-0.1, -0.05) is 18.2 Å². The lowest BCUT2D eigenvalue weighted by Gasteiger charge is -2.33. The molecule has 1 heterocycles. The van der Waals surface area contributed by atoms with E-state index in [0.29, 0.717) is 17.1 Å². The van der Waals surface area contributed by atoms with E-state index in [1.807, 2.05) is 32.0 Å². The Kier molecular flexibility index (Phi) is 4.43. The molecule has 0 bridgehead atoms. The molecule has 0 radical (unpaired) electrons. The normalized spacial score (nSPS) is 16.8. The Morgan fingerprint density at radius 3 is 2.56 bits per heavy atom. The summed E-state index contributed by atoms with van der Waals surface area (Å²) >= 11 is 0. The van der Waals surface area contributed by atoms with Crippen LogP contribution in [0.4, 0.5) is 11.4 Å². The average molecular weight is 360 g/mol. The van der Waals surface area contributed by atoms with Gasteiger partial charge in [-0.2, -0.15) is 0 Å². The van der Waals surface area contributed by atoms with E-state index in [1.54, 1.807) is 24.3 Å². The number of rotatable bonds is 3. The quantitative estimate of drug-likeness (QED) is 0.912. The highest BCUT2D eigenvalue weighted by molar-refractivity contribution is 7.92. The third kappa shape index (κ3) is 3.61. The largest absolute Gasteiger partial charge is 0.476 e. The molecule has 132 valence electrons. The fourth-order valence-corrected chi connectivity index (χ4v) is 3.61. The molecule has 0 aliphatic carbocycles. The van der Waals surface area contributed by atoms with Gasteiger partial charge in [0.1, 0.15) is 5.75 Å². The number of benzene rings is 2. The maximum atomic E-state index is 12.6. The number of sulfonamides is 1. The molecule has 25 heavy (non-hydrogen) atoms. The van der Waals surface area contributed by atoms with Gasteiger partial charge in [-0.05, 0) is 49.2 Å². The standard InChI is InChI=1S/C18H20N2O4S/c1-12-8-9-14(10-13(12)2)19-18(21)17-11-20(25(3,22)23)15-6-4-5-7-16(15)24-17/h4-10,17H,11H2,1-3H3,(H,19,21)/t17-/m0/s1. The van der Waals surface area contributed by atoms with Crippen LogP contribution in [-0.4, -0.2) is 33.2 Å². The van der Waals surface area contributed by atoms with Crippen LogP contribution < -0.4 is 14.4 Å². The zero-order chi connectivity index (χ0) is 18.2. The molecule has 2 aromatic rings. The number of nitrogens with zero attached hydrogens (tertiary/aromatic N) is 1. The third-order valence-corrected chi connectivity index (χ3v) is 5.35. The summed E-state index contributed by atoms with van der Waals surface area (Å²) in [5.41, 5.74) is 3.29. The van der Waals surface area contributed by atoms with E-state index in [4.69, 9.17) is 4.74 Å². The molecule has 0 aromatic heterocycles. The predicted octanol–water partition coefficient (Wildman–Crippen LogP) is 2.47. The third-order valence-electron chi connectivity index (χ3n) is 4.20. The summed E-state index contributed by atoms with van der Waals surface area (Å²) in [6, 6.07) is 12.4. The number of carbonyl (C=O) groups excluding carboxylic acids is 1. The molecule has 0 spiro atoms. The number of aryl methyl sites for hydroxylation is 2. The van der Waals surface area contributed by atoms with Crippen molar-refractivity contribution in [1.82, 2.24) is 0 Å². The first-order chi connectivity index (χ1) is 11.8. The summed E-state index contributed by atoms with van der Waals surface area (Å²) in [6.07, 6.45) is 0.194. The maximum absolute atomic E-state index is 12.6. The fraction of sp³-hybridized carbons (Fsp3) is 0.278. The van der Waals surface area contributed by atoms with E-state index in [0.717, 1.165) is 17.4 Å². The van der Waals surface area contributed by atoms with Crippen LogP contribution in [-0.2, 0) is 14.8 Å². The van der Waals surface area contributed by atoms with Crippen molar-refractivity contribution in [3.63, 3.8) is 0 Å². The van der Waals surface area contributed by atoms with Gasteiger partial charge in [0, 0.05) is 5.69 Å². The Hall–Kier alpha value is -2.54. The molecule has 1 aliphatic heterocycles. The highest BCUT2D eigenvalue weighted by Crippen LogP contribution is 2.34. The van der Waals surface area contributed by atoms with Crippen LogP contribution in [0.2, 0.25) is 0 Å². The second-order valence-corrected chi connectivity index (χ2v) is 8.06. The van der Waals surface area contributed by atoms with Crippen LogP contribution >= 0.6 is 0 Å². The second-order valence-electron chi connectivity index (χ2n) is 6.16. The molecule has 1 amide bonds. The van der Waals surface area contributed by atoms with Gasteiger partial charge < -0.3 is 10.1 Å². The van der Waals surface area contributed by atoms with Crippen molar-refractivity contribution in [3.05, 3.63) is 53.6 Å². The number of para-hydroxylation sites is 2. The molecule has 0 saturated carbocycles. The number of carbonyl (C=O) groups is 1. The van der Waals surface area contributed by atoms with Crippen molar-refractivity contribution in [1.29, 1.82) is 0 Å². The van der Waals surface area contributed by atoms with E-state index >= 15 is 0 Å². The van der Waals surface area contributed by atoms with E-state index in [1.165, 1.54) is 4.31 Å². The first-order valence-electron chi connectivity index (χ1n) is 7.87. The number of ether oxygens (including phenoxy) is 1. The van der Waals surface area contributed by atoms with Crippen LogP contribution in [0.1, 0.15) is 11.1 Å². The number of amides is 1. The van der Waals surface area contributed by atoms with Gasteiger partial charge in [-0.3, -0.25) is 9.10 Å². The van der Waals surface area contributed by atoms with Crippen molar-refractivity contribution in [2.75, 3.05) is 22.4 Å². The molecule has 1 aliphatic rings. The Morgan fingerprint density at radius 2 is 1.88 bits per heavy atom. The lowest BCUT2D eigenvalue weighted by Crippen LogP contribution is -2.48. The Bertz CT molecular complexity index is 924. The van der Waals surface area contributed by atoms with Crippen LogP contribution in [0.5, 0.6) is 5.75 Å². The van der Waals surface area contributed by atoms with Crippen LogP contribution in [0.15, 0.2) is 42.5 Å². The Labute approximate surface area is 147 Å². The topological polar surface area (TPSA) is 75.7 Å². The minimum atomic E-state index is -3.52. The smallest absolute Gasteiger partial charge is 0.267 e. The highest BCUT2D eigenvalue weighted by Gasteiger charge is 2.34. The molecule has 0 fully saturated rings. The van der Waals surface area contributed by atoms with Crippen molar-refractivity contribution in [3.8, 4) is 5.75 Å². The number of nitrogens with one attached hydrogen (secondary N) is 1. The number of hydrogen-bond acceptors (Lipinski definition) is 4. The minimum absolute atomic E-state index is 0.0630. The van der Waals surface area contributed by atoms with E-state index in [-0.39, 0.29) is 12.5 Å². The van der Waals surface area contributed by atoms with Crippen LogP contribution in [0, 0.1) is 13.8 Å². The molecule has 3 rings (SSSR count). The van der Waals surface area contributed by atoms with Crippen molar-refractivity contribution in [2.24, 2.45) is 0 Å². The van der Waals surface area contributed by atoms with Gasteiger partial charge in [-0.25, -0.2) is 8.42 Å². The zero-order valence-corrected chi connectivity index (χ0v) is 15.1. The van der Waals surface area contributed by atoms with E-state index < -0.39 is 16.1 Å². The summed E-state index contributed by atoms with van der Waals surface area (Å²) in [5.74, 6) is -0.00850. The monoisotopic (exact) mass is 360 g/mol. The first kappa shape index (κ1) is 17.3. The molecule has 1 atom stereocenters. The molecule has 0 unspecified atom stereocenters. The minimum Gasteiger partial charge on any atom is -0.476 e. The average Bonchev–Trinajstić information content (AvgIpc) is 2.56. The van der Waals surface area contributed by atoms with Crippen molar-refractivity contribution >= 4 is 27.3 Å². The van der Waals surface area contributed by atoms with E-state index in [2.05, 4.69) is 5.32 Å². The lowest BCUT2D eigenvalue weighted by atomic mass is 10.1. The van der Waals surface area contributed by atoms with Gasteiger partial charge in [-0.15, -0.1) is 0 Å². The zero-order valence-electron chi connectivity index (χ0n) is 14.3. The second kappa shape index (κ2) is 6.40. The lowest BCUT2D eigenvalue weighted by molar-refractivity contribution is -0.122. The van der Waals surface area contributed by atoms with E-state index in [9.17, 15) is 13.2 Å². The Balaban J connectivity index is 1.85. The summed E-state index contributed by atoms with van der Waals surface area (Å²) < 4.78 is 31.1. The van der Waals surface area contributed by atoms with Crippen molar-refractivity contribution in [2.45, 2.75) is 20.0 Å². The van der Waals surface area contributed by atoms with Crippen molar-refractivity contribution < 1.29 is 17.9 Å². The molecule has 2 aromatic carbocycles. The van der Waals surface area contributed by atoms with Crippen LogP contribution in [0.25, 0.3) is 0 Å². The number of fused-ring (bicyclic) bond motifs is 1. The molecule has 7 heteroatoms. The summed E-state index contributed by atoms with van der Waals surface area (Å²) in [7, 11) is -3.52. The first-order valence-corrected chi connectivity index (χ1v) is 9.72. The van der Waals surface area contributed by atoms with Gasteiger partial charge in [0.25, 0.3) is 5.91 Å². The predicted molar refractivity (Wildman–Crippen MR) is 97.6 cm³/mol. The maximum Gasteiger partial charge on any atom is 0.267 e. The van der Waals surface area contributed by atoms with Gasteiger partial charge in [0.05, 0.1) is 18.5 Å². The van der Waals surface area contributed by atoms with Gasteiger partial charge in [0.15, 0.2) is 6.10 Å². The molecular formula is C18H20N2O4S. The highest BCUT2D eigenvalue weighted by atomic mass is 32.2. The molecule has 0 saturated heterocycles. The summed E-state index contributed by atoms with van der Waals surface area (Å²) in [4.78, 5) is 12.6. The number of anilines is 2. The molecule has 1 N–H and O–H groups in total. The molecule has 6 nitrogen and oxygen atoms in total. The molecular weight excluding hydrogens is 340 g/mol. The summed E-state index contributed by atoms with van der Waals surface area (Å²) in [6.45, 7) is 3.89. The number of hydrogen-bond donors (Lipinski definition) is 1. The SMILES string of the molecule is Cc1ccc(NC(=O)[C@@H]2CN(S(C)(=O)=O)c3ccccc3O2)cc1C. The fourth-order valence-electron chi connectivity index (χ4n) is 2.69. The van der Waals surface area contributed by atoms with Gasteiger partial charge in [0.2, 0.25) is 10.0 Å². The van der Waals surface area contributed by atoms with Crippen LogP contribution in [0.3, 0.4) is 0 Å². The summed E-state index contributed by atoms with van der Waals surface area (Å²) in [5, 5.41) is 2.80.